The van der Waals surface area contributed by atoms with Gasteiger partial charge in [-0.2, -0.15) is 13.2 Å². The van der Waals surface area contributed by atoms with Gasteiger partial charge < -0.3 is 4.90 Å². The van der Waals surface area contributed by atoms with Crippen molar-refractivity contribution in [3.8, 4) is 0 Å². The van der Waals surface area contributed by atoms with Crippen molar-refractivity contribution < 1.29 is 27.6 Å². The molecular formula is C32H20F3NO3S. The second-order valence-corrected chi connectivity index (χ2v) is 11.2. The summed E-state index contributed by atoms with van der Waals surface area (Å²) in [6, 6.07) is 20.1. The molecule has 3 heterocycles. The number of hydrogen-bond acceptors (Lipinski definition) is 5. The number of alkyl halides is 3. The van der Waals surface area contributed by atoms with Gasteiger partial charge in [-0.15, -0.1) is 11.3 Å². The van der Waals surface area contributed by atoms with Crippen molar-refractivity contribution in [3.63, 3.8) is 0 Å². The number of carbonyl (C=O) groups is 3. The van der Waals surface area contributed by atoms with E-state index in [-0.39, 0.29) is 16.9 Å². The van der Waals surface area contributed by atoms with Crippen molar-refractivity contribution in [1.29, 1.82) is 0 Å². The normalized spacial score (nSPS) is 22.4. The molecule has 8 heteroatoms. The van der Waals surface area contributed by atoms with Gasteiger partial charge in [-0.1, -0.05) is 72.8 Å². The first kappa shape index (κ1) is 24.7. The lowest BCUT2D eigenvalue weighted by Crippen LogP contribution is -2.48. The minimum Gasteiger partial charge on any atom is -0.352 e. The zero-order valence-corrected chi connectivity index (χ0v) is 21.6. The molecule has 4 nitrogen and oxygen atoms in total. The van der Waals surface area contributed by atoms with Crippen LogP contribution in [-0.4, -0.2) is 29.4 Å². The topological polar surface area (TPSA) is 54.5 Å². The first-order valence-electron chi connectivity index (χ1n) is 12.7. The summed E-state index contributed by atoms with van der Waals surface area (Å²) in [6.07, 6.45) is -0.918. The summed E-state index contributed by atoms with van der Waals surface area (Å²) in [5.41, 5.74) is -0.221. The van der Waals surface area contributed by atoms with Crippen LogP contribution < -0.4 is 4.90 Å². The van der Waals surface area contributed by atoms with Gasteiger partial charge in [-0.3, -0.25) is 14.4 Å². The Kier molecular flexibility index (Phi) is 5.31. The molecule has 1 fully saturated rings. The largest absolute Gasteiger partial charge is 0.416 e. The lowest BCUT2D eigenvalue weighted by atomic mass is 9.64. The van der Waals surface area contributed by atoms with E-state index >= 15 is 0 Å². The number of thiophene rings is 1. The third-order valence-electron chi connectivity index (χ3n) is 8.34. The lowest BCUT2D eigenvalue weighted by Gasteiger charge is -2.37. The van der Waals surface area contributed by atoms with Gasteiger partial charge in [-0.25, -0.2) is 0 Å². The number of Topliss-reactive ketones (excluding diaryl/α,β-unsaturated/α-hetero) is 3. The Bertz CT molecular complexity index is 1690. The Balaban J connectivity index is 1.53. The van der Waals surface area contributed by atoms with Crippen LogP contribution in [0.5, 0.6) is 0 Å². The molecule has 2 aliphatic heterocycles. The van der Waals surface area contributed by atoms with E-state index in [2.05, 4.69) is 0 Å². The predicted octanol–water partition coefficient (Wildman–Crippen LogP) is 7.08. The third-order valence-corrected chi connectivity index (χ3v) is 9.23. The van der Waals surface area contributed by atoms with E-state index in [0.717, 1.165) is 17.7 Å². The second kappa shape index (κ2) is 8.60. The van der Waals surface area contributed by atoms with Crippen LogP contribution in [0, 0.1) is 5.41 Å². The average Bonchev–Trinajstić information content (AvgIpc) is 3.66. The fourth-order valence-corrected chi connectivity index (χ4v) is 7.43. The molecule has 198 valence electrons. The van der Waals surface area contributed by atoms with Crippen molar-refractivity contribution in [2.24, 2.45) is 5.41 Å². The number of para-hydroxylation sites is 1. The first-order valence-corrected chi connectivity index (χ1v) is 13.6. The van der Waals surface area contributed by atoms with E-state index in [1.807, 2.05) is 35.2 Å². The molecule has 40 heavy (non-hydrogen) atoms. The summed E-state index contributed by atoms with van der Waals surface area (Å²) in [4.78, 5) is 45.6. The van der Waals surface area contributed by atoms with Crippen LogP contribution in [-0.2, 0) is 6.18 Å². The SMILES string of the molecule is O=C(c1cccs1)[C@H]1[C@H](c2ccc(C(F)(F)F)cc2)C2(C(=O)c3ccccc3C2=O)C2C=Cc3ccccc3N21. The molecule has 1 aliphatic carbocycles. The van der Waals surface area contributed by atoms with Crippen LogP contribution in [0.15, 0.2) is 96.4 Å². The van der Waals surface area contributed by atoms with Gasteiger partial charge in [0, 0.05) is 22.7 Å². The molecule has 1 spiro atoms. The van der Waals surface area contributed by atoms with Crippen LogP contribution >= 0.6 is 11.3 Å². The predicted molar refractivity (Wildman–Crippen MR) is 146 cm³/mol. The average molecular weight is 556 g/mol. The molecule has 0 N–H and O–H groups in total. The highest BCUT2D eigenvalue weighted by molar-refractivity contribution is 7.12. The monoisotopic (exact) mass is 555 g/mol. The molecule has 0 amide bonds. The highest BCUT2D eigenvalue weighted by Crippen LogP contribution is 2.61. The summed E-state index contributed by atoms with van der Waals surface area (Å²) in [5.74, 6) is -2.17. The molecule has 7 rings (SSSR count). The van der Waals surface area contributed by atoms with E-state index in [1.54, 1.807) is 47.9 Å². The summed E-state index contributed by atoms with van der Waals surface area (Å²) >= 11 is 1.25. The molecule has 1 saturated heterocycles. The molecule has 1 aromatic heterocycles. The Morgan fingerprint density at radius 3 is 2.10 bits per heavy atom. The van der Waals surface area contributed by atoms with E-state index in [0.29, 0.717) is 16.1 Å². The Hall–Kier alpha value is -4.30. The molecule has 0 bridgehead atoms. The number of nitrogens with zero attached hydrogens (tertiary/aromatic N) is 1. The number of rotatable bonds is 3. The number of anilines is 1. The zero-order chi connectivity index (χ0) is 27.8. The van der Waals surface area contributed by atoms with Crippen LogP contribution in [0.4, 0.5) is 18.9 Å². The van der Waals surface area contributed by atoms with Crippen LogP contribution in [0.1, 0.15) is 53.0 Å². The van der Waals surface area contributed by atoms with Crippen molar-refractivity contribution in [2.45, 2.75) is 24.2 Å². The number of hydrogen-bond donors (Lipinski definition) is 0. The molecule has 1 unspecified atom stereocenters. The van der Waals surface area contributed by atoms with E-state index in [1.165, 1.54) is 23.5 Å². The number of ketones is 3. The van der Waals surface area contributed by atoms with E-state index in [9.17, 15) is 27.6 Å². The van der Waals surface area contributed by atoms with Crippen molar-refractivity contribution in [2.75, 3.05) is 4.90 Å². The van der Waals surface area contributed by atoms with Gasteiger partial charge in [0.1, 0.15) is 11.5 Å². The minimum absolute atomic E-state index is 0.265. The highest BCUT2D eigenvalue weighted by atomic mass is 32.1. The fourth-order valence-electron chi connectivity index (χ4n) is 6.73. The van der Waals surface area contributed by atoms with E-state index < -0.39 is 46.7 Å². The molecule has 3 aromatic carbocycles. The second-order valence-electron chi connectivity index (χ2n) is 10.2. The van der Waals surface area contributed by atoms with Gasteiger partial charge in [-0.05, 0) is 40.8 Å². The highest BCUT2D eigenvalue weighted by Gasteiger charge is 2.71. The van der Waals surface area contributed by atoms with Crippen molar-refractivity contribution >= 4 is 40.4 Å². The summed E-state index contributed by atoms with van der Waals surface area (Å²) in [6.45, 7) is 0. The van der Waals surface area contributed by atoms with Crippen LogP contribution in [0.3, 0.4) is 0 Å². The molecule has 0 radical (unpaired) electrons. The molecule has 3 aliphatic rings. The standard InChI is InChI=1S/C32H20F3NO3S/c33-32(34,35)20-14-11-19(12-15-20)26-27(28(37)24-10-5-17-40-24)36-23-9-4-1-6-18(23)13-16-25(36)31(26)29(38)21-7-2-3-8-22(21)30(31)39/h1-17,25-27H/t25?,26-,27+/m0/s1. The van der Waals surface area contributed by atoms with Crippen molar-refractivity contribution in [1.82, 2.24) is 0 Å². The zero-order valence-electron chi connectivity index (χ0n) is 20.8. The van der Waals surface area contributed by atoms with Gasteiger partial charge >= 0.3 is 6.18 Å². The molecular weight excluding hydrogens is 535 g/mol. The minimum atomic E-state index is -4.56. The molecule has 3 atom stereocenters. The maximum absolute atomic E-state index is 14.5. The number of benzene rings is 3. The fraction of sp³-hybridized carbons (Fsp3) is 0.156. The van der Waals surface area contributed by atoms with E-state index in [4.69, 9.17) is 0 Å². The number of carbonyl (C=O) groups excluding carboxylic acids is 3. The number of fused-ring (bicyclic) bond motifs is 5. The quantitative estimate of drug-likeness (QED) is 0.200. The van der Waals surface area contributed by atoms with Gasteiger partial charge in [0.25, 0.3) is 0 Å². The van der Waals surface area contributed by atoms with Crippen molar-refractivity contribution in [3.05, 3.63) is 129 Å². The molecule has 4 aromatic rings. The Morgan fingerprint density at radius 1 is 0.825 bits per heavy atom. The summed E-state index contributed by atoms with van der Waals surface area (Å²) < 4.78 is 40.5. The van der Waals surface area contributed by atoms with Gasteiger partial charge in [0.2, 0.25) is 0 Å². The molecule has 0 saturated carbocycles. The summed E-state index contributed by atoms with van der Waals surface area (Å²) in [5, 5.41) is 1.77. The van der Waals surface area contributed by atoms with Crippen LogP contribution in [0.2, 0.25) is 0 Å². The first-order chi connectivity index (χ1) is 19.2. The number of halogens is 3. The van der Waals surface area contributed by atoms with Crippen LogP contribution in [0.25, 0.3) is 6.08 Å². The Labute approximate surface area is 231 Å². The smallest absolute Gasteiger partial charge is 0.352 e. The maximum atomic E-state index is 14.5. The Morgan fingerprint density at radius 2 is 1.48 bits per heavy atom. The third kappa shape index (κ3) is 3.23. The van der Waals surface area contributed by atoms with Gasteiger partial charge in [0.15, 0.2) is 17.3 Å². The maximum Gasteiger partial charge on any atom is 0.416 e. The van der Waals surface area contributed by atoms with Gasteiger partial charge in [0.05, 0.1) is 16.5 Å². The lowest BCUT2D eigenvalue weighted by molar-refractivity contribution is -0.137. The summed E-state index contributed by atoms with van der Waals surface area (Å²) in [7, 11) is 0.